The maximum absolute atomic E-state index is 11.9. The first-order valence-corrected chi connectivity index (χ1v) is 6.81. The van der Waals surface area contributed by atoms with E-state index in [9.17, 15) is 13.2 Å². The Kier molecular flexibility index (Phi) is 3.45. The summed E-state index contributed by atoms with van der Waals surface area (Å²) in [7, 11) is -3.91. The number of aromatic amines is 1. The Bertz CT molecular complexity index is 726. The van der Waals surface area contributed by atoms with Gasteiger partial charge in [-0.05, 0) is 12.1 Å². The van der Waals surface area contributed by atoms with Crippen molar-refractivity contribution in [2.45, 2.75) is 4.90 Å². The van der Waals surface area contributed by atoms with Gasteiger partial charge in [-0.1, -0.05) is 11.6 Å². The Morgan fingerprint density at radius 2 is 2.16 bits per heavy atom. The van der Waals surface area contributed by atoms with E-state index in [1.165, 1.54) is 18.3 Å². The van der Waals surface area contributed by atoms with Crippen LogP contribution in [0.5, 0.6) is 0 Å². The molecular formula is C10H8ClN3O4S. The van der Waals surface area contributed by atoms with E-state index in [1.807, 2.05) is 0 Å². The van der Waals surface area contributed by atoms with E-state index in [0.29, 0.717) is 5.02 Å². The molecule has 7 nitrogen and oxygen atoms in total. The molecule has 0 atom stereocenters. The lowest BCUT2D eigenvalue weighted by Crippen LogP contribution is -2.13. The summed E-state index contributed by atoms with van der Waals surface area (Å²) in [6.45, 7) is 0. The molecule has 0 unspecified atom stereocenters. The molecule has 2 heterocycles. The van der Waals surface area contributed by atoms with Crippen molar-refractivity contribution < 1.29 is 18.3 Å². The highest BCUT2D eigenvalue weighted by atomic mass is 35.5. The van der Waals surface area contributed by atoms with Crippen LogP contribution in [-0.4, -0.2) is 29.5 Å². The highest BCUT2D eigenvalue weighted by Gasteiger charge is 2.18. The molecule has 0 aliphatic carbocycles. The number of pyridine rings is 1. The number of aromatic nitrogens is 2. The van der Waals surface area contributed by atoms with Gasteiger partial charge < -0.3 is 10.1 Å². The normalized spacial score (nSPS) is 11.2. The lowest BCUT2D eigenvalue weighted by molar-refractivity contribution is 0.0691. The molecule has 0 radical (unpaired) electrons. The largest absolute Gasteiger partial charge is 0.477 e. The zero-order valence-electron chi connectivity index (χ0n) is 9.29. The minimum Gasteiger partial charge on any atom is -0.477 e. The third-order valence-electron chi connectivity index (χ3n) is 2.16. The van der Waals surface area contributed by atoms with Gasteiger partial charge in [-0.2, -0.15) is 0 Å². The fourth-order valence-corrected chi connectivity index (χ4v) is 2.46. The van der Waals surface area contributed by atoms with Crippen molar-refractivity contribution in [2.75, 3.05) is 4.72 Å². The minimum atomic E-state index is -3.91. The summed E-state index contributed by atoms with van der Waals surface area (Å²) in [6.07, 6.45) is 2.43. The van der Waals surface area contributed by atoms with Crippen LogP contribution in [0.1, 0.15) is 10.5 Å². The molecule has 0 spiro atoms. The van der Waals surface area contributed by atoms with Crippen LogP contribution in [0.4, 0.5) is 5.82 Å². The topological polar surface area (TPSA) is 112 Å². The second-order valence-corrected chi connectivity index (χ2v) is 5.64. The maximum atomic E-state index is 11.9. The van der Waals surface area contributed by atoms with Gasteiger partial charge in [0.15, 0.2) is 0 Å². The zero-order valence-corrected chi connectivity index (χ0v) is 10.9. The summed E-state index contributed by atoms with van der Waals surface area (Å²) in [5.41, 5.74) is -0.223. The van der Waals surface area contributed by atoms with Gasteiger partial charge in [-0.15, -0.1) is 0 Å². The summed E-state index contributed by atoms with van der Waals surface area (Å²) in [4.78, 5) is 16.6. The molecule has 0 aliphatic heterocycles. The van der Waals surface area contributed by atoms with Crippen molar-refractivity contribution in [1.82, 2.24) is 9.97 Å². The van der Waals surface area contributed by atoms with Gasteiger partial charge in [0.25, 0.3) is 10.0 Å². The summed E-state index contributed by atoms with van der Waals surface area (Å²) in [5, 5.41) is 9.04. The van der Waals surface area contributed by atoms with Gasteiger partial charge in [0.2, 0.25) is 0 Å². The number of carbonyl (C=O) groups is 1. The number of halogens is 1. The SMILES string of the molecule is O=C(O)c1cc(S(=O)(=O)Nc2cc(Cl)ccn2)c[nH]1. The van der Waals surface area contributed by atoms with Gasteiger partial charge in [0, 0.05) is 23.5 Å². The predicted molar refractivity (Wildman–Crippen MR) is 67.8 cm³/mol. The number of carboxylic acid groups (broad SMARTS) is 1. The van der Waals surface area contributed by atoms with Crippen molar-refractivity contribution in [3.8, 4) is 0 Å². The maximum Gasteiger partial charge on any atom is 0.352 e. The van der Waals surface area contributed by atoms with Crippen molar-refractivity contribution in [3.63, 3.8) is 0 Å². The van der Waals surface area contributed by atoms with Gasteiger partial charge in [-0.3, -0.25) is 4.72 Å². The molecule has 2 aromatic heterocycles. The Hall–Kier alpha value is -2.06. The van der Waals surface area contributed by atoms with Crippen molar-refractivity contribution >= 4 is 33.4 Å². The van der Waals surface area contributed by atoms with E-state index in [0.717, 1.165) is 12.3 Å². The smallest absolute Gasteiger partial charge is 0.352 e. The number of rotatable bonds is 4. The summed E-state index contributed by atoms with van der Waals surface area (Å²) in [6, 6.07) is 3.84. The van der Waals surface area contributed by atoms with E-state index in [1.54, 1.807) is 0 Å². The predicted octanol–water partition coefficient (Wildman–Crippen LogP) is 1.56. The number of aromatic carboxylic acids is 1. The van der Waals surface area contributed by atoms with Gasteiger partial charge in [0.05, 0.1) is 0 Å². The highest BCUT2D eigenvalue weighted by molar-refractivity contribution is 7.92. The van der Waals surface area contributed by atoms with Crippen LogP contribution in [0.3, 0.4) is 0 Å². The van der Waals surface area contributed by atoms with Crippen LogP contribution < -0.4 is 4.72 Å². The van der Waals surface area contributed by atoms with Crippen LogP contribution in [0.2, 0.25) is 5.02 Å². The third kappa shape index (κ3) is 3.04. The van der Waals surface area contributed by atoms with Crippen molar-refractivity contribution in [1.29, 1.82) is 0 Å². The molecular weight excluding hydrogens is 294 g/mol. The Labute approximate surface area is 113 Å². The highest BCUT2D eigenvalue weighted by Crippen LogP contribution is 2.17. The van der Waals surface area contributed by atoms with Gasteiger partial charge >= 0.3 is 5.97 Å². The first-order valence-electron chi connectivity index (χ1n) is 4.94. The number of hydrogen-bond acceptors (Lipinski definition) is 4. The molecule has 19 heavy (non-hydrogen) atoms. The Balaban J connectivity index is 2.29. The molecule has 100 valence electrons. The first-order chi connectivity index (χ1) is 8.88. The van der Waals surface area contributed by atoms with E-state index in [2.05, 4.69) is 14.7 Å². The van der Waals surface area contributed by atoms with E-state index in [-0.39, 0.29) is 16.4 Å². The van der Waals surface area contributed by atoms with Crippen LogP contribution in [-0.2, 0) is 10.0 Å². The van der Waals surface area contributed by atoms with E-state index < -0.39 is 16.0 Å². The zero-order chi connectivity index (χ0) is 14.0. The average Bonchev–Trinajstić information content (AvgIpc) is 2.78. The first kappa shape index (κ1) is 13.4. The Morgan fingerprint density at radius 1 is 1.42 bits per heavy atom. The van der Waals surface area contributed by atoms with Crippen molar-refractivity contribution in [3.05, 3.63) is 41.3 Å². The third-order valence-corrected chi connectivity index (χ3v) is 3.73. The fourth-order valence-electron chi connectivity index (χ4n) is 1.31. The molecule has 0 bridgehead atoms. The second kappa shape index (κ2) is 4.90. The summed E-state index contributed by atoms with van der Waals surface area (Å²) >= 11 is 5.71. The molecule has 3 N–H and O–H groups in total. The van der Waals surface area contributed by atoms with Crippen molar-refractivity contribution in [2.24, 2.45) is 0 Å². The van der Waals surface area contributed by atoms with Crippen LogP contribution in [0, 0.1) is 0 Å². The number of H-pyrrole nitrogens is 1. The molecule has 0 aliphatic rings. The molecule has 0 saturated carbocycles. The lowest BCUT2D eigenvalue weighted by atomic mass is 10.4. The molecule has 0 aromatic carbocycles. The van der Waals surface area contributed by atoms with Crippen LogP contribution >= 0.6 is 11.6 Å². The number of nitrogens with one attached hydrogen (secondary N) is 2. The average molecular weight is 302 g/mol. The van der Waals surface area contributed by atoms with Gasteiger partial charge in [-0.25, -0.2) is 18.2 Å². The number of sulfonamides is 1. The monoisotopic (exact) mass is 301 g/mol. The second-order valence-electron chi connectivity index (χ2n) is 3.52. The molecule has 0 saturated heterocycles. The number of nitrogens with zero attached hydrogens (tertiary/aromatic N) is 1. The quantitative estimate of drug-likeness (QED) is 0.793. The minimum absolute atomic E-state index is 0.0468. The van der Waals surface area contributed by atoms with E-state index >= 15 is 0 Å². The lowest BCUT2D eigenvalue weighted by Gasteiger charge is -2.05. The fraction of sp³-hybridized carbons (Fsp3) is 0. The van der Waals surface area contributed by atoms with Crippen LogP contribution in [0.15, 0.2) is 35.5 Å². The van der Waals surface area contributed by atoms with Crippen LogP contribution in [0.25, 0.3) is 0 Å². The number of carboxylic acids is 1. The summed E-state index contributed by atoms with van der Waals surface area (Å²) < 4.78 is 26.1. The van der Waals surface area contributed by atoms with Gasteiger partial charge in [0.1, 0.15) is 16.4 Å². The summed E-state index contributed by atoms with van der Waals surface area (Å²) in [5.74, 6) is -1.20. The molecule has 9 heteroatoms. The molecule has 2 aromatic rings. The Morgan fingerprint density at radius 3 is 2.74 bits per heavy atom. The number of anilines is 1. The van der Waals surface area contributed by atoms with E-state index in [4.69, 9.17) is 16.7 Å². The molecule has 2 rings (SSSR count). The molecule has 0 fully saturated rings. The molecule has 0 amide bonds. The standard InChI is InChI=1S/C10H8ClN3O4S/c11-6-1-2-12-9(3-6)14-19(17,18)7-4-8(10(15)16)13-5-7/h1-5,13H,(H,12,14)(H,15,16). The number of hydrogen-bond donors (Lipinski definition) is 3.